The Labute approximate surface area is 189 Å². The van der Waals surface area contributed by atoms with Crippen LogP contribution in [0.3, 0.4) is 0 Å². The monoisotopic (exact) mass is 410 g/mol. The minimum absolute atomic E-state index is 0.103. The van der Waals surface area contributed by atoms with Crippen molar-refractivity contribution in [3.8, 4) is 11.1 Å². The first-order valence-electron chi connectivity index (χ1n) is 11.1. The molecule has 0 bridgehead atoms. The summed E-state index contributed by atoms with van der Waals surface area (Å²) in [6, 6.07) is 42.5. The van der Waals surface area contributed by atoms with Gasteiger partial charge in [0.05, 0.1) is 11.4 Å². The Morgan fingerprint density at radius 3 is 2.25 bits per heavy atom. The number of para-hydroxylation sites is 1. The van der Waals surface area contributed by atoms with Crippen LogP contribution in [0.25, 0.3) is 21.9 Å². The minimum atomic E-state index is -0.103. The lowest BCUT2D eigenvalue weighted by Crippen LogP contribution is -2.30. The van der Waals surface area contributed by atoms with Crippen molar-refractivity contribution in [3.63, 3.8) is 0 Å². The van der Waals surface area contributed by atoms with Gasteiger partial charge >= 0.3 is 0 Å². The van der Waals surface area contributed by atoms with Crippen LogP contribution in [-0.2, 0) is 5.41 Å². The smallest absolute Gasteiger partial charge is 0.0503 e. The summed E-state index contributed by atoms with van der Waals surface area (Å²) in [5.41, 5.74) is 8.69. The topological polar surface area (TPSA) is 3.24 Å². The number of benzene rings is 5. The molecule has 1 radical (unpaired) electrons. The van der Waals surface area contributed by atoms with Gasteiger partial charge in [-0.1, -0.05) is 86.6 Å². The summed E-state index contributed by atoms with van der Waals surface area (Å²) in [7, 11) is 0. The zero-order chi connectivity index (χ0) is 21.7. The van der Waals surface area contributed by atoms with Crippen LogP contribution < -0.4 is 4.90 Å². The SMILES string of the molecule is CC1(C)c2ccccc2N(c2ccc3ccccc3c2)c2ccc(-c3c[c]ccc3)cc21. The molecule has 5 aromatic rings. The summed E-state index contributed by atoms with van der Waals surface area (Å²) < 4.78 is 0. The average Bonchev–Trinajstić information content (AvgIpc) is 2.85. The largest absolute Gasteiger partial charge is 0.310 e. The molecule has 1 nitrogen and oxygen atoms in total. The molecular formula is C31H24N. The Hall–Kier alpha value is -3.84. The Balaban J connectivity index is 1.61. The predicted octanol–water partition coefficient (Wildman–Crippen LogP) is 8.42. The van der Waals surface area contributed by atoms with Crippen LogP contribution >= 0.6 is 0 Å². The molecule has 1 aliphatic rings. The molecule has 153 valence electrons. The van der Waals surface area contributed by atoms with E-state index in [1.54, 1.807) is 0 Å². The maximum Gasteiger partial charge on any atom is 0.0503 e. The lowest BCUT2D eigenvalue weighted by Gasteiger charge is -2.42. The molecule has 0 amide bonds. The average molecular weight is 411 g/mol. The van der Waals surface area contributed by atoms with Gasteiger partial charge in [-0.15, -0.1) is 0 Å². The van der Waals surface area contributed by atoms with Gasteiger partial charge in [0.25, 0.3) is 0 Å². The third-order valence-corrected chi connectivity index (χ3v) is 6.76. The van der Waals surface area contributed by atoms with E-state index in [-0.39, 0.29) is 5.41 Å². The Morgan fingerprint density at radius 2 is 1.41 bits per heavy atom. The molecule has 0 fully saturated rings. The van der Waals surface area contributed by atoms with Gasteiger partial charge in [0.1, 0.15) is 0 Å². The number of anilines is 3. The van der Waals surface area contributed by atoms with Gasteiger partial charge in [0, 0.05) is 11.1 Å². The van der Waals surface area contributed by atoms with Gasteiger partial charge in [-0.05, 0) is 75.5 Å². The number of hydrogen-bond donors (Lipinski definition) is 0. The van der Waals surface area contributed by atoms with E-state index in [0.29, 0.717) is 0 Å². The van der Waals surface area contributed by atoms with Gasteiger partial charge in [-0.3, -0.25) is 0 Å². The van der Waals surface area contributed by atoms with Crippen LogP contribution in [0.4, 0.5) is 17.1 Å². The summed E-state index contributed by atoms with van der Waals surface area (Å²) in [6.45, 7) is 4.67. The molecule has 0 aromatic heterocycles. The second-order valence-electron chi connectivity index (χ2n) is 9.03. The van der Waals surface area contributed by atoms with Crippen molar-refractivity contribution in [3.05, 3.63) is 126 Å². The van der Waals surface area contributed by atoms with Gasteiger partial charge in [0.15, 0.2) is 0 Å². The van der Waals surface area contributed by atoms with Crippen molar-refractivity contribution < 1.29 is 0 Å². The van der Waals surface area contributed by atoms with Crippen molar-refractivity contribution in [2.45, 2.75) is 19.3 Å². The van der Waals surface area contributed by atoms with E-state index in [9.17, 15) is 0 Å². The standard InChI is InChI=1S/C31H24N/c1-31(2)27-14-8-9-15-29(27)32(26-18-16-23-12-6-7-13-24(23)20-26)30-19-17-25(21-28(30)31)22-10-4-3-5-11-22/h3-4,6-21H,1-2H3. The molecule has 0 atom stereocenters. The fourth-order valence-corrected chi connectivity index (χ4v) is 5.05. The molecule has 1 aliphatic heterocycles. The predicted molar refractivity (Wildman–Crippen MR) is 135 cm³/mol. The molecule has 5 aromatic carbocycles. The number of nitrogens with zero attached hydrogens (tertiary/aromatic N) is 1. The van der Waals surface area contributed by atoms with Crippen LogP contribution in [0, 0.1) is 6.07 Å². The summed E-state index contributed by atoms with van der Waals surface area (Å²) >= 11 is 0. The number of fused-ring (bicyclic) bond motifs is 3. The summed E-state index contributed by atoms with van der Waals surface area (Å²) in [5.74, 6) is 0. The molecule has 1 heterocycles. The molecule has 0 aliphatic carbocycles. The van der Waals surface area contributed by atoms with Crippen molar-refractivity contribution in [2.24, 2.45) is 0 Å². The van der Waals surface area contributed by atoms with E-state index in [0.717, 1.165) is 0 Å². The Morgan fingerprint density at radius 1 is 0.625 bits per heavy atom. The van der Waals surface area contributed by atoms with E-state index in [2.05, 4.69) is 128 Å². The lowest BCUT2D eigenvalue weighted by molar-refractivity contribution is 0.632. The van der Waals surface area contributed by atoms with Crippen LogP contribution in [-0.4, -0.2) is 0 Å². The van der Waals surface area contributed by atoms with E-state index in [1.165, 1.54) is 50.1 Å². The zero-order valence-corrected chi connectivity index (χ0v) is 18.3. The normalized spacial score (nSPS) is 14.1. The third-order valence-electron chi connectivity index (χ3n) is 6.76. The van der Waals surface area contributed by atoms with Crippen LogP contribution in [0.5, 0.6) is 0 Å². The van der Waals surface area contributed by atoms with Gasteiger partial charge in [-0.2, -0.15) is 0 Å². The van der Waals surface area contributed by atoms with Gasteiger partial charge < -0.3 is 4.90 Å². The van der Waals surface area contributed by atoms with Crippen molar-refractivity contribution in [2.75, 3.05) is 4.90 Å². The maximum absolute atomic E-state index is 3.22. The molecule has 0 saturated carbocycles. The highest BCUT2D eigenvalue weighted by atomic mass is 15.2. The molecule has 0 spiro atoms. The van der Waals surface area contributed by atoms with Crippen LogP contribution in [0.1, 0.15) is 25.0 Å². The first-order valence-corrected chi connectivity index (χ1v) is 11.1. The van der Waals surface area contributed by atoms with E-state index < -0.39 is 0 Å². The Kier molecular flexibility index (Phi) is 4.19. The quantitative estimate of drug-likeness (QED) is 0.282. The first-order chi connectivity index (χ1) is 15.6. The molecule has 0 N–H and O–H groups in total. The molecule has 6 rings (SSSR count). The van der Waals surface area contributed by atoms with E-state index in [1.807, 2.05) is 6.07 Å². The summed E-state index contributed by atoms with van der Waals surface area (Å²) in [4.78, 5) is 2.42. The van der Waals surface area contributed by atoms with Gasteiger partial charge in [0.2, 0.25) is 0 Å². The second kappa shape index (κ2) is 7.10. The fraction of sp³-hybridized carbons (Fsp3) is 0.0968. The second-order valence-corrected chi connectivity index (χ2v) is 9.03. The minimum Gasteiger partial charge on any atom is -0.310 e. The first kappa shape index (κ1) is 18.9. The van der Waals surface area contributed by atoms with Crippen molar-refractivity contribution in [1.82, 2.24) is 0 Å². The number of hydrogen-bond acceptors (Lipinski definition) is 1. The molecule has 0 saturated heterocycles. The maximum atomic E-state index is 3.22. The molecule has 0 unspecified atom stereocenters. The lowest BCUT2D eigenvalue weighted by atomic mass is 9.73. The molecule has 1 heteroatoms. The van der Waals surface area contributed by atoms with Gasteiger partial charge in [-0.25, -0.2) is 0 Å². The van der Waals surface area contributed by atoms with E-state index in [4.69, 9.17) is 0 Å². The van der Waals surface area contributed by atoms with E-state index >= 15 is 0 Å². The summed E-state index contributed by atoms with van der Waals surface area (Å²) in [5, 5.41) is 2.52. The van der Waals surface area contributed by atoms with Crippen molar-refractivity contribution >= 4 is 27.8 Å². The van der Waals surface area contributed by atoms with Crippen molar-refractivity contribution in [1.29, 1.82) is 0 Å². The highest BCUT2D eigenvalue weighted by molar-refractivity contribution is 5.92. The third kappa shape index (κ3) is 2.85. The number of rotatable bonds is 2. The highest BCUT2D eigenvalue weighted by Crippen LogP contribution is 2.52. The zero-order valence-electron chi connectivity index (χ0n) is 18.3. The molecular weight excluding hydrogens is 386 g/mol. The molecule has 32 heavy (non-hydrogen) atoms. The highest BCUT2D eigenvalue weighted by Gasteiger charge is 2.36. The fourth-order valence-electron chi connectivity index (χ4n) is 5.05. The summed E-state index contributed by atoms with van der Waals surface area (Å²) in [6.07, 6.45) is 0. The van der Waals surface area contributed by atoms with Crippen LogP contribution in [0.2, 0.25) is 0 Å². The van der Waals surface area contributed by atoms with Crippen LogP contribution in [0.15, 0.2) is 109 Å². The Bertz CT molecular complexity index is 1450.